The molecule has 0 aliphatic carbocycles. The first kappa shape index (κ1) is 12.4. The van der Waals surface area contributed by atoms with E-state index in [1.807, 2.05) is 29.2 Å². The molecule has 1 fully saturated rings. The minimum atomic E-state index is -0.804. The van der Waals surface area contributed by atoms with Crippen LogP contribution < -0.4 is 0 Å². The normalized spacial score (nSPS) is 21.4. The van der Waals surface area contributed by atoms with E-state index in [-0.39, 0.29) is 12.6 Å². The molecule has 0 amide bonds. The number of hydrogen-bond acceptors (Lipinski definition) is 3. The standard InChI is InChI=1S/C12H14ClNO3/c13-10-3-1-9(2-4-10)11-7-14(5-6-17-11)8-12(15)16/h1-4,11H,5-8H2,(H,15,16)/t11-/m1/s1. The number of nitrogens with zero attached hydrogens (tertiary/aromatic N) is 1. The maximum atomic E-state index is 10.7. The van der Waals surface area contributed by atoms with Crippen LogP contribution in [0.1, 0.15) is 11.7 Å². The van der Waals surface area contributed by atoms with Crippen molar-refractivity contribution in [2.24, 2.45) is 0 Å². The average Bonchev–Trinajstić information content (AvgIpc) is 2.29. The third-order valence-electron chi connectivity index (χ3n) is 2.75. The first-order valence-corrected chi connectivity index (χ1v) is 5.84. The zero-order chi connectivity index (χ0) is 12.3. The number of carbonyl (C=O) groups is 1. The second-order valence-electron chi connectivity index (χ2n) is 4.04. The predicted octanol–water partition coefficient (Wildman–Crippen LogP) is 1.80. The number of benzene rings is 1. The minimum Gasteiger partial charge on any atom is -0.480 e. The lowest BCUT2D eigenvalue weighted by atomic mass is 10.1. The summed E-state index contributed by atoms with van der Waals surface area (Å²) in [6, 6.07) is 7.46. The van der Waals surface area contributed by atoms with Crippen molar-refractivity contribution in [3.05, 3.63) is 34.9 Å². The highest BCUT2D eigenvalue weighted by atomic mass is 35.5. The molecule has 1 atom stereocenters. The van der Waals surface area contributed by atoms with Gasteiger partial charge in [0.15, 0.2) is 0 Å². The van der Waals surface area contributed by atoms with Crippen LogP contribution in [0, 0.1) is 0 Å². The van der Waals surface area contributed by atoms with Crippen LogP contribution in [0.5, 0.6) is 0 Å². The Labute approximate surface area is 105 Å². The molecule has 1 aromatic carbocycles. The molecular formula is C12H14ClNO3. The van der Waals surface area contributed by atoms with Gasteiger partial charge < -0.3 is 9.84 Å². The number of carboxylic acids is 1. The SMILES string of the molecule is O=C(O)CN1CCO[C@@H](c2ccc(Cl)cc2)C1. The first-order valence-electron chi connectivity index (χ1n) is 5.46. The Balaban J connectivity index is 2.01. The summed E-state index contributed by atoms with van der Waals surface area (Å²) < 4.78 is 5.64. The summed E-state index contributed by atoms with van der Waals surface area (Å²) in [7, 11) is 0. The molecule has 1 aromatic rings. The second kappa shape index (κ2) is 5.49. The lowest BCUT2D eigenvalue weighted by Gasteiger charge is -2.32. The van der Waals surface area contributed by atoms with Crippen LogP contribution in [-0.2, 0) is 9.53 Å². The Morgan fingerprint density at radius 3 is 2.82 bits per heavy atom. The molecule has 0 bridgehead atoms. The number of morpholine rings is 1. The molecule has 4 nitrogen and oxygen atoms in total. The van der Waals surface area contributed by atoms with Gasteiger partial charge in [-0.05, 0) is 17.7 Å². The highest BCUT2D eigenvalue weighted by Crippen LogP contribution is 2.23. The number of aliphatic carboxylic acids is 1. The number of carboxylic acid groups (broad SMARTS) is 1. The maximum Gasteiger partial charge on any atom is 0.317 e. The van der Waals surface area contributed by atoms with Gasteiger partial charge in [0, 0.05) is 18.1 Å². The average molecular weight is 256 g/mol. The summed E-state index contributed by atoms with van der Waals surface area (Å²) in [5, 5.41) is 9.45. The Kier molecular flexibility index (Phi) is 3.99. The molecule has 1 heterocycles. The van der Waals surface area contributed by atoms with E-state index in [0.717, 1.165) is 5.56 Å². The van der Waals surface area contributed by atoms with E-state index in [9.17, 15) is 4.79 Å². The monoisotopic (exact) mass is 255 g/mol. The molecule has 1 aliphatic heterocycles. The van der Waals surface area contributed by atoms with Crippen LogP contribution in [0.15, 0.2) is 24.3 Å². The van der Waals surface area contributed by atoms with Gasteiger partial charge in [-0.15, -0.1) is 0 Å². The van der Waals surface area contributed by atoms with Crippen molar-refractivity contribution in [3.63, 3.8) is 0 Å². The topological polar surface area (TPSA) is 49.8 Å². The summed E-state index contributed by atoms with van der Waals surface area (Å²) >= 11 is 5.82. The van der Waals surface area contributed by atoms with Crippen LogP contribution in [0.3, 0.4) is 0 Å². The van der Waals surface area contributed by atoms with Crippen molar-refractivity contribution in [2.45, 2.75) is 6.10 Å². The lowest BCUT2D eigenvalue weighted by molar-refractivity contribution is -0.140. The smallest absolute Gasteiger partial charge is 0.317 e. The first-order chi connectivity index (χ1) is 8.15. The van der Waals surface area contributed by atoms with Gasteiger partial charge in [0.05, 0.1) is 19.3 Å². The van der Waals surface area contributed by atoms with Crippen molar-refractivity contribution in [1.82, 2.24) is 4.90 Å². The van der Waals surface area contributed by atoms with Gasteiger partial charge in [-0.2, -0.15) is 0 Å². The van der Waals surface area contributed by atoms with Crippen molar-refractivity contribution in [2.75, 3.05) is 26.2 Å². The van der Waals surface area contributed by atoms with Crippen LogP contribution in [-0.4, -0.2) is 42.2 Å². The zero-order valence-electron chi connectivity index (χ0n) is 9.30. The van der Waals surface area contributed by atoms with E-state index < -0.39 is 5.97 Å². The van der Waals surface area contributed by atoms with E-state index in [1.54, 1.807) is 0 Å². The van der Waals surface area contributed by atoms with Gasteiger partial charge in [-0.3, -0.25) is 9.69 Å². The lowest BCUT2D eigenvalue weighted by Crippen LogP contribution is -2.41. The van der Waals surface area contributed by atoms with Crippen molar-refractivity contribution in [3.8, 4) is 0 Å². The van der Waals surface area contributed by atoms with Gasteiger partial charge in [0.2, 0.25) is 0 Å². The van der Waals surface area contributed by atoms with Crippen LogP contribution >= 0.6 is 11.6 Å². The van der Waals surface area contributed by atoms with Gasteiger partial charge in [-0.25, -0.2) is 0 Å². The van der Waals surface area contributed by atoms with E-state index >= 15 is 0 Å². The number of hydrogen-bond donors (Lipinski definition) is 1. The fourth-order valence-electron chi connectivity index (χ4n) is 1.92. The summed E-state index contributed by atoms with van der Waals surface area (Å²) in [6.45, 7) is 1.89. The quantitative estimate of drug-likeness (QED) is 0.895. The zero-order valence-corrected chi connectivity index (χ0v) is 10.1. The Morgan fingerprint density at radius 2 is 2.18 bits per heavy atom. The Hall–Kier alpha value is -1.10. The number of halogens is 1. The fourth-order valence-corrected chi connectivity index (χ4v) is 2.04. The van der Waals surface area contributed by atoms with Crippen LogP contribution in [0.2, 0.25) is 5.02 Å². The van der Waals surface area contributed by atoms with E-state index in [4.69, 9.17) is 21.4 Å². The maximum absolute atomic E-state index is 10.7. The molecule has 0 spiro atoms. The molecule has 17 heavy (non-hydrogen) atoms. The van der Waals surface area contributed by atoms with Crippen molar-refractivity contribution >= 4 is 17.6 Å². The molecule has 1 saturated heterocycles. The van der Waals surface area contributed by atoms with E-state index in [2.05, 4.69) is 0 Å². The van der Waals surface area contributed by atoms with Crippen molar-refractivity contribution < 1.29 is 14.6 Å². The number of rotatable bonds is 3. The predicted molar refractivity (Wildman–Crippen MR) is 64.2 cm³/mol. The summed E-state index contributed by atoms with van der Waals surface area (Å²) in [5.41, 5.74) is 1.03. The summed E-state index contributed by atoms with van der Waals surface area (Å²) in [5.74, 6) is -0.804. The van der Waals surface area contributed by atoms with Gasteiger partial charge in [-0.1, -0.05) is 23.7 Å². The molecule has 5 heteroatoms. The highest BCUT2D eigenvalue weighted by molar-refractivity contribution is 6.30. The van der Waals surface area contributed by atoms with Crippen LogP contribution in [0.4, 0.5) is 0 Å². The number of ether oxygens (including phenoxy) is 1. The Bertz CT molecular complexity index is 393. The molecule has 0 saturated carbocycles. The molecule has 92 valence electrons. The highest BCUT2D eigenvalue weighted by Gasteiger charge is 2.23. The van der Waals surface area contributed by atoms with Gasteiger partial charge in [0.25, 0.3) is 0 Å². The van der Waals surface area contributed by atoms with E-state index in [1.165, 1.54) is 0 Å². The van der Waals surface area contributed by atoms with Gasteiger partial charge in [0.1, 0.15) is 0 Å². The third-order valence-corrected chi connectivity index (χ3v) is 3.00. The largest absolute Gasteiger partial charge is 0.480 e. The second-order valence-corrected chi connectivity index (χ2v) is 4.48. The summed E-state index contributed by atoms with van der Waals surface area (Å²) in [6.07, 6.45) is -0.0691. The van der Waals surface area contributed by atoms with Gasteiger partial charge >= 0.3 is 5.97 Å². The van der Waals surface area contributed by atoms with Crippen LogP contribution in [0.25, 0.3) is 0 Å². The molecule has 1 N–H and O–H groups in total. The molecule has 0 radical (unpaired) electrons. The molecule has 2 rings (SSSR count). The fraction of sp³-hybridized carbons (Fsp3) is 0.417. The molecule has 0 unspecified atom stereocenters. The Morgan fingerprint density at radius 1 is 1.47 bits per heavy atom. The van der Waals surface area contributed by atoms with E-state index in [0.29, 0.717) is 24.7 Å². The third kappa shape index (κ3) is 3.43. The van der Waals surface area contributed by atoms with Crippen molar-refractivity contribution in [1.29, 1.82) is 0 Å². The molecular weight excluding hydrogens is 242 g/mol. The molecule has 1 aliphatic rings. The minimum absolute atomic E-state index is 0.0629. The molecule has 0 aromatic heterocycles. The summed E-state index contributed by atoms with van der Waals surface area (Å²) in [4.78, 5) is 12.5.